The monoisotopic (exact) mass is 397 g/mol. The number of allylic oxidation sites excluding steroid dienone is 2. The van der Waals surface area contributed by atoms with Crippen molar-refractivity contribution in [2.24, 2.45) is 17.1 Å². The molecule has 0 saturated heterocycles. The maximum absolute atomic E-state index is 13.8. The van der Waals surface area contributed by atoms with Gasteiger partial charge in [0.1, 0.15) is 6.07 Å². The lowest BCUT2D eigenvalue weighted by Crippen LogP contribution is -2.48. The molecule has 1 heterocycles. The number of benzene rings is 1. The molecule has 29 heavy (non-hydrogen) atoms. The summed E-state index contributed by atoms with van der Waals surface area (Å²) in [4.78, 5) is 1.99. The molecule has 1 aromatic carbocycles. The Kier molecular flexibility index (Phi) is 5.13. The molecule has 0 radical (unpaired) electrons. The van der Waals surface area contributed by atoms with Crippen LogP contribution in [0.2, 0.25) is 0 Å². The summed E-state index contributed by atoms with van der Waals surface area (Å²) in [5.74, 6) is -1.80. The van der Waals surface area contributed by atoms with Crippen LogP contribution in [0.15, 0.2) is 47.2 Å². The summed E-state index contributed by atoms with van der Waals surface area (Å²) in [6, 6.07) is 10.7. The molecule has 0 saturated carbocycles. The molecule has 0 bridgehead atoms. The zero-order chi connectivity index (χ0) is 21.4. The van der Waals surface area contributed by atoms with Gasteiger partial charge < -0.3 is 5.73 Å². The van der Waals surface area contributed by atoms with Crippen molar-refractivity contribution >= 4 is 0 Å². The molecule has 0 fully saturated rings. The van der Waals surface area contributed by atoms with Gasteiger partial charge in [-0.05, 0) is 23.7 Å². The molecule has 1 aromatic rings. The fourth-order valence-corrected chi connectivity index (χ4v) is 4.37. The first kappa shape index (κ1) is 20.5. The maximum atomic E-state index is 13.8. The van der Waals surface area contributed by atoms with Gasteiger partial charge in [0.2, 0.25) is 0 Å². The third-order valence-electron chi connectivity index (χ3n) is 5.79. The average molecular weight is 397 g/mol. The number of likely N-dealkylation sites (N-methyl/N-ethyl adjacent to an activating group) is 1. The standard InChI is InChI=1S/C21H18F3N5/c1-2-29-8-7-13-15(9-25)19(28)20(11-26,12-27)18(16(13)10-29)14-5-3-4-6-17(14)21(22,23)24/h3-7,16,18H,2,8,10,28H2,1H3/t16-,18-/m0/s1. The van der Waals surface area contributed by atoms with Crippen molar-refractivity contribution in [2.75, 3.05) is 19.6 Å². The highest BCUT2D eigenvalue weighted by atomic mass is 19.4. The molecule has 1 aliphatic heterocycles. The molecular weight excluding hydrogens is 379 g/mol. The Balaban J connectivity index is 2.38. The molecule has 0 aromatic heterocycles. The summed E-state index contributed by atoms with van der Waals surface area (Å²) < 4.78 is 41.4. The number of nitriles is 3. The van der Waals surface area contributed by atoms with Crippen molar-refractivity contribution in [1.29, 1.82) is 15.8 Å². The van der Waals surface area contributed by atoms with Crippen molar-refractivity contribution in [2.45, 2.75) is 19.0 Å². The van der Waals surface area contributed by atoms with E-state index in [1.807, 2.05) is 30.0 Å². The number of fused-ring (bicyclic) bond motifs is 1. The van der Waals surface area contributed by atoms with E-state index in [0.717, 1.165) is 6.07 Å². The van der Waals surface area contributed by atoms with Crippen molar-refractivity contribution < 1.29 is 13.2 Å². The molecule has 2 aliphatic rings. The SMILES string of the molecule is CCN1CC=C2C(C#N)=C(N)C(C#N)(C#N)[C@@H](c3ccccc3C(F)(F)F)[C@H]2C1. The third-order valence-corrected chi connectivity index (χ3v) is 5.79. The predicted octanol–water partition coefficient (Wildman–Crippen LogP) is 3.45. The smallest absolute Gasteiger partial charge is 0.399 e. The Labute approximate surface area is 166 Å². The molecule has 0 amide bonds. The van der Waals surface area contributed by atoms with Crippen LogP contribution in [0, 0.1) is 45.3 Å². The number of rotatable bonds is 2. The van der Waals surface area contributed by atoms with Crippen LogP contribution in [0.3, 0.4) is 0 Å². The Morgan fingerprint density at radius 1 is 1.21 bits per heavy atom. The topological polar surface area (TPSA) is 101 Å². The minimum atomic E-state index is -4.66. The number of alkyl halides is 3. The highest BCUT2D eigenvalue weighted by Gasteiger charge is 2.56. The van der Waals surface area contributed by atoms with Gasteiger partial charge in [0.05, 0.1) is 29.0 Å². The molecule has 5 nitrogen and oxygen atoms in total. The van der Waals surface area contributed by atoms with Gasteiger partial charge in [-0.3, -0.25) is 4.90 Å². The van der Waals surface area contributed by atoms with Crippen molar-refractivity contribution in [3.8, 4) is 18.2 Å². The van der Waals surface area contributed by atoms with Gasteiger partial charge in [-0.2, -0.15) is 29.0 Å². The van der Waals surface area contributed by atoms with E-state index in [0.29, 0.717) is 25.2 Å². The van der Waals surface area contributed by atoms with Gasteiger partial charge in [-0.25, -0.2) is 0 Å². The van der Waals surface area contributed by atoms with E-state index in [1.165, 1.54) is 18.2 Å². The van der Waals surface area contributed by atoms with Gasteiger partial charge in [0.15, 0.2) is 5.41 Å². The maximum Gasteiger partial charge on any atom is 0.416 e. The number of hydrogen-bond acceptors (Lipinski definition) is 5. The molecule has 3 rings (SSSR count). The van der Waals surface area contributed by atoms with Crippen molar-refractivity contribution in [1.82, 2.24) is 4.90 Å². The number of nitrogens with two attached hydrogens (primary N) is 1. The normalized spacial score (nSPS) is 24.0. The molecule has 1 aliphatic carbocycles. The molecule has 148 valence electrons. The van der Waals surface area contributed by atoms with Crippen molar-refractivity contribution in [3.63, 3.8) is 0 Å². The van der Waals surface area contributed by atoms with E-state index < -0.39 is 29.0 Å². The van der Waals surface area contributed by atoms with Gasteiger partial charge in [-0.15, -0.1) is 0 Å². The van der Waals surface area contributed by atoms with E-state index in [4.69, 9.17) is 5.73 Å². The van der Waals surface area contributed by atoms with E-state index in [-0.39, 0.29) is 16.8 Å². The molecular formula is C21H18F3N5. The lowest BCUT2D eigenvalue weighted by atomic mass is 9.57. The number of nitrogens with zero attached hydrogens (tertiary/aromatic N) is 4. The molecule has 2 atom stereocenters. The van der Waals surface area contributed by atoms with E-state index in [2.05, 4.69) is 0 Å². The van der Waals surface area contributed by atoms with Crippen LogP contribution in [0.25, 0.3) is 0 Å². The Bertz CT molecular complexity index is 1000. The summed E-state index contributed by atoms with van der Waals surface area (Å²) in [6.45, 7) is 3.39. The van der Waals surface area contributed by atoms with Crippen LogP contribution in [0.1, 0.15) is 24.0 Å². The van der Waals surface area contributed by atoms with Gasteiger partial charge in [0.25, 0.3) is 0 Å². The first-order valence-electron chi connectivity index (χ1n) is 9.06. The molecule has 2 N–H and O–H groups in total. The Morgan fingerprint density at radius 3 is 2.41 bits per heavy atom. The predicted molar refractivity (Wildman–Crippen MR) is 98.4 cm³/mol. The van der Waals surface area contributed by atoms with Crippen LogP contribution >= 0.6 is 0 Å². The molecule has 0 spiro atoms. The minimum Gasteiger partial charge on any atom is -0.399 e. The zero-order valence-electron chi connectivity index (χ0n) is 15.7. The van der Waals surface area contributed by atoms with Crippen LogP contribution in [0.5, 0.6) is 0 Å². The fraction of sp³-hybridized carbons (Fsp3) is 0.381. The number of hydrogen-bond donors (Lipinski definition) is 1. The van der Waals surface area contributed by atoms with Crippen LogP contribution < -0.4 is 5.73 Å². The van der Waals surface area contributed by atoms with Crippen LogP contribution in [-0.4, -0.2) is 24.5 Å². The lowest BCUT2D eigenvalue weighted by molar-refractivity contribution is -0.138. The second kappa shape index (κ2) is 7.28. The van der Waals surface area contributed by atoms with Gasteiger partial charge in [-0.1, -0.05) is 31.2 Å². The van der Waals surface area contributed by atoms with E-state index >= 15 is 0 Å². The first-order valence-corrected chi connectivity index (χ1v) is 9.06. The van der Waals surface area contributed by atoms with Crippen molar-refractivity contribution in [3.05, 3.63) is 58.3 Å². The van der Waals surface area contributed by atoms with Gasteiger partial charge in [0, 0.05) is 24.9 Å². The Morgan fingerprint density at radius 2 is 1.86 bits per heavy atom. The highest BCUT2D eigenvalue weighted by molar-refractivity contribution is 5.60. The first-order chi connectivity index (χ1) is 13.7. The Hall–Kier alpha value is -3.28. The van der Waals surface area contributed by atoms with Gasteiger partial charge >= 0.3 is 6.18 Å². The average Bonchev–Trinajstić information content (AvgIpc) is 2.72. The second-order valence-corrected chi connectivity index (χ2v) is 7.11. The summed E-state index contributed by atoms with van der Waals surface area (Å²) in [5, 5.41) is 29.6. The number of halogens is 3. The second-order valence-electron chi connectivity index (χ2n) is 7.11. The molecule has 0 unspecified atom stereocenters. The largest absolute Gasteiger partial charge is 0.416 e. The highest BCUT2D eigenvalue weighted by Crippen LogP contribution is 2.55. The fourth-order valence-electron chi connectivity index (χ4n) is 4.37. The summed E-state index contributed by atoms with van der Waals surface area (Å²) in [6.07, 6.45) is -2.89. The summed E-state index contributed by atoms with van der Waals surface area (Å²) in [5.41, 5.74) is 3.25. The minimum absolute atomic E-state index is 0.0228. The summed E-state index contributed by atoms with van der Waals surface area (Å²) >= 11 is 0. The molecule has 8 heteroatoms. The quantitative estimate of drug-likeness (QED) is 0.824. The third kappa shape index (κ3) is 3.05. The lowest BCUT2D eigenvalue weighted by Gasteiger charge is -2.46. The zero-order valence-corrected chi connectivity index (χ0v) is 15.7. The van der Waals surface area contributed by atoms with Crippen LogP contribution in [-0.2, 0) is 6.18 Å². The van der Waals surface area contributed by atoms with E-state index in [1.54, 1.807) is 6.08 Å². The van der Waals surface area contributed by atoms with Crippen LogP contribution in [0.4, 0.5) is 13.2 Å². The van der Waals surface area contributed by atoms with E-state index in [9.17, 15) is 29.0 Å². The summed E-state index contributed by atoms with van der Waals surface area (Å²) in [7, 11) is 0.